The van der Waals surface area contributed by atoms with E-state index in [1.807, 2.05) is 0 Å². The van der Waals surface area contributed by atoms with E-state index in [0.717, 1.165) is 12.8 Å². The minimum Gasteiger partial charge on any atom is -0.459 e. The van der Waals surface area contributed by atoms with Crippen LogP contribution >= 0.6 is 0 Å². The molecule has 0 unspecified atom stereocenters. The van der Waals surface area contributed by atoms with Crippen LogP contribution in [0.4, 0.5) is 0 Å². The van der Waals surface area contributed by atoms with Crippen molar-refractivity contribution in [1.29, 1.82) is 0 Å². The van der Waals surface area contributed by atoms with Gasteiger partial charge in [0, 0.05) is 5.92 Å². The molecule has 2 saturated carbocycles. The van der Waals surface area contributed by atoms with Gasteiger partial charge in [-0.1, -0.05) is 0 Å². The van der Waals surface area contributed by atoms with Crippen LogP contribution in [0.2, 0.25) is 0 Å². The first-order chi connectivity index (χ1) is 5.27. The highest BCUT2D eigenvalue weighted by molar-refractivity contribution is 5.76. The number of fused-ring (bicyclic) bond motifs is 1. The van der Waals surface area contributed by atoms with E-state index in [-0.39, 0.29) is 24.1 Å². The summed E-state index contributed by atoms with van der Waals surface area (Å²) in [5.41, 5.74) is 0. The molecule has 3 nitrogen and oxygen atoms in total. The molecule has 3 heteroatoms. The summed E-state index contributed by atoms with van der Waals surface area (Å²) < 4.78 is 5.06. The monoisotopic (exact) mass is 154 g/mol. The van der Waals surface area contributed by atoms with E-state index in [9.17, 15) is 9.90 Å². The van der Waals surface area contributed by atoms with Gasteiger partial charge in [-0.15, -0.1) is 0 Å². The lowest BCUT2D eigenvalue weighted by Crippen LogP contribution is -2.31. The van der Waals surface area contributed by atoms with Gasteiger partial charge >= 0.3 is 5.97 Å². The molecule has 60 valence electrons. The Kier molecular flexibility index (Phi) is 0.876. The average molecular weight is 154 g/mol. The second-order valence-electron chi connectivity index (χ2n) is 3.89. The summed E-state index contributed by atoms with van der Waals surface area (Å²) in [6.07, 6.45) is 1.36. The van der Waals surface area contributed by atoms with Crippen LogP contribution in [0.5, 0.6) is 0 Å². The van der Waals surface area contributed by atoms with E-state index in [1.54, 1.807) is 0 Å². The van der Waals surface area contributed by atoms with Gasteiger partial charge in [-0.3, -0.25) is 4.79 Å². The molecule has 0 aromatic heterocycles. The second kappa shape index (κ2) is 1.61. The Labute approximate surface area is 64.3 Å². The van der Waals surface area contributed by atoms with Gasteiger partial charge in [-0.2, -0.15) is 0 Å². The molecule has 0 aromatic carbocycles. The molecule has 1 saturated heterocycles. The topological polar surface area (TPSA) is 46.5 Å². The van der Waals surface area contributed by atoms with Crippen molar-refractivity contribution < 1.29 is 14.6 Å². The molecular weight excluding hydrogens is 144 g/mol. The summed E-state index contributed by atoms with van der Waals surface area (Å²) in [6, 6.07) is 0. The van der Waals surface area contributed by atoms with Crippen molar-refractivity contribution in [1.82, 2.24) is 0 Å². The first-order valence-corrected chi connectivity index (χ1v) is 4.16. The third-order valence-corrected chi connectivity index (χ3v) is 3.44. The highest BCUT2D eigenvalue weighted by atomic mass is 16.6. The van der Waals surface area contributed by atoms with Gasteiger partial charge in [0.25, 0.3) is 0 Å². The van der Waals surface area contributed by atoms with Crippen LogP contribution in [0.15, 0.2) is 0 Å². The smallest absolute Gasteiger partial charge is 0.309 e. The lowest BCUT2D eigenvalue weighted by Gasteiger charge is -2.19. The van der Waals surface area contributed by atoms with Crippen molar-refractivity contribution in [2.75, 3.05) is 0 Å². The van der Waals surface area contributed by atoms with E-state index in [2.05, 4.69) is 0 Å². The molecular formula is C8H10O3. The largest absolute Gasteiger partial charge is 0.459 e. The van der Waals surface area contributed by atoms with Gasteiger partial charge in [-0.25, -0.2) is 0 Å². The fraction of sp³-hybridized carbons (Fsp3) is 0.875. The Hall–Kier alpha value is -0.570. The summed E-state index contributed by atoms with van der Waals surface area (Å²) in [4.78, 5) is 11.1. The molecule has 0 spiro atoms. The number of carbonyl (C=O) groups is 1. The Balaban J connectivity index is 2.04. The first-order valence-electron chi connectivity index (χ1n) is 4.16. The fourth-order valence-corrected chi connectivity index (χ4v) is 2.92. The zero-order valence-corrected chi connectivity index (χ0v) is 6.06. The van der Waals surface area contributed by atoms with Crippen molar-refractivity contribution in [3.05, 3.63) is 0 Å². The highest BCUT2D eigenvalue weighted by Gasteiger charge is 2.61. The molecule has 5 atom stereocenters. The first kappa shape index (κ1) is 6.00. The molecule has 0 amide bonds. The van der Waals surface area contributed by atoms with E-state index in [0.29, 0.717) is 11.8 Å². The highest BCUT2D eigenvalue weighted by Crippen LogP contribution is 2.54. The summed E-state index contributed by atoms with van der Waals surface area (Å²) in [7, 11) is 0. The summed E-state index contributed by atoms with van der Waals surface area (Å²) in [5, 5.41) is 9.55. The van der Waals surface area contributed by atoms with E-state index in [4.69, 9.17) is 4.74 Å². The molecule has 0 aromatic rings. The Morgan fingerprint density at radius 1 is 1.45 bits per heavy atom. The van der Waals surface area contributed by atoms with Gasteiger partial charge in [0.05, 0.1) is 12.0 Å². The van der Waals surface area contributed by atoms with E-state index >= 15 is 0 Å². The Morgan fingerprint density at radius 3 is 2.91 bits per heavy atom. The van der Waals surface area contributed by atoms with Crippen LogP contribution in [0.1, 0.15) is 12.8 Å². The molecule has 0 radical (unpaired) electrons. The lowest BCUT2D eigenvalue weighted by molar-refractivity contribution is -0.145. The molecule has 1 aliphatic heterocycles. The van der Waals surface area contributed by atoms with Crippen LogP contribution in [-0.4, -0.2) is 23.3 Å². The number of rotatable bonds is 0. The third kappa shape index (κ3) is 0.527. The van der Waals surface area contributed by atoms with Crippen LogP contribution in [0.25, 0.3) is 0 Å². The number of carbonyl (C=O) groups excluding carboxylic acids is 1. The molecule has 2 aliphatic carbocycles. The van der Waals surface area contributed by atoms with Crippen molar-refractivity contribution in [3.63, 3.8) is 0 Å². The van der Waals surface area contributed by atoms with Crippen LogP contribution < -0.4 is 0 Å². The third-order valence-electron chi connectivity index (χ3n) is 3.44. The minimum atomic E-state index is -0.359. The normalized spacial score (nSPS) is 58.6. The van der Waals surface area contributed by atoms with Gasteiger partial charge in [0.1, 0.15) is 6.10 Å². The van der Waals surface area contributed by atoms with Crippen molar-refractivity contribution in [2.45, 2.75) is 25.0 Å². The zero-order chi connectivity index (χ0) is 7.59. The molecule has 3 fully saturated rings. The molecule has 1 heterocycles. The maximum atomic E-state index is 11.1. The lowest BCUT2D eigenvalue weighted by atomic mass is 9.88. The minimum absolute atomic E-state index is 0.0703. The second-order valence-corrected chi connectivity index (χ2v) is 3.89. The summed E-state index contributed by atoms with van der Waals surface area (Å²) in [6.45, 7) is 0. The molecule has 3 rings (SSSR count). The number of aliphatic hydroxyl groups excluding tert-OH is 1. The van der Waals surface area contributed by atoms with Gasteiger partial charge < -0.3 is 9.84 Å². The Bertz CT molecular complexity index is 225. The number of hydrogen-bond acceptors (Lipinski definition) is 3. The number of ether oxygens (including phenoxy) is 1. The predicted octanol–water partition coefficient (Wildman–Crippen LogP) is -0.0713. The molecule has 1 N–H and O–H groups in total. The number of hydrogen-bond donors (Lipinski definition) is 1. The average Bonchev–Trinajstić information content (AvgIpc) is 2.53. The summed E-state index contributed by atoms with van der Waals surface area (Å²) >= 11 is 0. The maximum Gasteiger partial charge on any atom is 0.309 e. The maximum absolute atomic E-state index is 11.1. The van der Waals surface area contributed by atoms with Crippen molar-refractivity contribution >= 4 is 5.97 Å². The molecule has 3 aliphatic rings. The van der Waals surface area contributed by atoms with E-state index < -0.39 is 0 Å². The zero-order valence-electron chi connectivity index (χ0n) is 6.06. The fourth-order valence-electron chi connectivity index (χ4n) is 2.92. The number of esters is 1. The quantitative estimate of drug-likeness (QED) is 0.497. The van der Waals surface area contributed by atoms with Crippen LogP contribution in [0.3, 0.4) is 0 Å². The van der Waals surface area contributed by atoms with Gasteiger partial charge in [0.15, 0.2) is 0 Å². The number of aliphatic hydroxyl groups is 1. The van der Waals surface area contributed by atoms with Gasteiger partial charge in [-0.05, 0) is 18.8 Å². The standard InChI is InChI=1S/C8H10O3/c9-6-3-1-4-5(2-3)8(10)11-7(4)6/h3-7,9H,1-2H2/t3-,4+,5+,6-,7+/m0/s1. The summed E-state index contributed by atoms with van der Waals surface area (Å²) in [5.74, 6) is 0.761. The van der Waals surface area contributed by atoms with E-state index in [1.165, 1.54) is 0 Å². The Morgan fingerprint density at radius 2 is 2.27 bits per heavy atom. The van der Waals surface area contributed by atoms with Crippen LogP contribution in [0, 0.1) is 17.8 Å². The molecule has 2 bridgehead atoms. The SMILES string of the molecule is O=C1O[C@H]2[C@@H](O)[C@H]3C[C@@H]2[C@H]1C3. The molecule has 11 heavy (non-hydrogen) atoms. The van der Waals surface area contributed by atoms with Crippen LogP contribution in [-0.2, 0) is 9.53 Å². The predicted molar refractivity (Wildman–Crippen MR) is 35.6 cm³/mol. The van der Waals surface area contributed by atoms with Gasteiger partial charge in [0.2, 0.25) is 0 Å². The van der Waals surface area contributed by atoms with Crippen molar-refractivity contribution in [3.8, 4) is 0 Å². The van der Waals surface area contributed by atoms with Crippen molar-refractivity contribution in [2.24, 2.45) is 17.8 Å².